The standard InChI is InChI=1S/C28H30F3N2O2S.C2HF3O2/c29-24-15-26(31)25(30)14-23(24)17-32(16-21-9-13-36-19-21)28(34)35-27-18-33(11-7-22(27)8-12-33)10-6-20-4-2-1-3-5-20;3-2(4,5)1(6)7/h1-5,9,13-15,19,22,27H,6-8,10-12,16-18H2;(H,6,7)/q+1;/p-1/t22?,27-,33?;/m0./s1. The lowest BCUT2D eigenvalue weighted by molar-refractivity contribution is -0.946. The van der Waals surface area contributed by atoms with Crippen LogP contribution in [0, 0.1) is 23.4 Å². The van der Waals surface area contributed by atoms with Crippen molar-refractivity contribution in [2.24, 2.45) is 5.92 Å². The van der Waals surface area contributed by atoms with Crippen LogP contribution in [0.3, 0.4) is 0 Å². The Labute approximate surface area is 248 Å². The molecule has 3 fully saturated rings. The number of nitrogens with zero attached hydrogens (tertiary/aromatic N) is 2. The third-order valence-electron chi connectivity index (χ3n) is 7.91. The summed E-state index contributed by atoms with van der Waals surface area (Å²) >= 11 is 1.49. The maximum absolute atomic E-state index is 14.4. The van der Waals surface area contributed by atoms with Crippen LogP contribution in [-0.2, 0) is 29.0 Å². The molecule has 0 saturated carbocycles. The van der Waals surface area contributed by atoms with Gasteiger partial charge in [-0.3, -0.25) is 4.90 Å². The SMILES string of the molecule is O=C(O[C@H]1C[N+]2(CCc3ccccc3)CCC1CC2)N(Cc1ccsc1)Cc1cc(F)c(F)cc1F.O=C([O-])C(F)(F)F. The molecule has 6 nitrogen and oxygen atoms in total. The van der Waals surface area contributed by atoms with Gasteiger partial charge < -0.3 is 19.1 Å². The first-order valence-electron chi connectivity index (χ1n) is 13.6. The number of benzene rings is 2. The molecule has 2 bridgehead atoms. The Morgan fingerprint density at radius 3 is 2.21 bits per heavy atom. The molecule has 3 aromatic rings. The van der Waals surface area contributed by atoms with Crippen LogP contribution < -0.4 is 5.11 Å². The van der Waals surface area contributed by atoms with Gasteiger partial charge in [-0.25, -0.2) is 18.0 Å². The summed E-state index contributed by atoms with van der Waals surface area (Å²) in [6.45, 7) is 3.95. The Hall–Kier alpha value is -3.58. The Balaban J connectivity index is 0.000000541. The second kappa shape index (κ2) is 13.8. The fourth-order valence-electron chi connectivity index (χ4n) is 5.56. The van der Waals surface area contributed by atoms with E-state index in [4.69, 9.17) is 14.6 Å². The quantitative estimate of drug-likeness (QED) is 0.189. The summed E-state index contributed by atoms with van der Waals surface area (Å²) in [5, 5.41) is 12.6. The van der Waals surface area contributed by atoms with Gasteiger partial charge in [-0.2, -0.15) is 24.5 Å². The van der Waals surface area contributed by atoms with E-state index in [1.54, 1.807) is 0 Å². The van der Waals surface area contributed by atoms with E-state index in [9.17, 15) is 31.1 Å². The number of carboxylic acid groups (broad SMARTS) is 1. The molecule has 6 rings (SSSR count). The van der Waals surface area contributed by atoms with Crippen LogP contribution in [0.2, 0.25) is 0 Å². The van der Waals surface area contributed by atoms with Crippen LogP contribution >= 0.6 is 11.3 Å². The number of quaternary nitrogens is 1. The average Bonchev–Trinajstić information content (AvgIpc) is 3.49. The molecule has 0 N–H and O–H groups in total. The Kier molecular flexibility index (Phi) is 10.4. The van der Waals surface area contributed by atoms with Crippen molar-refractivity contribution in [2.45, 2.75) is 44.6 Å². The van der Waals surface area contributed by atoms with E-state index < -0.39 is 35.7 Å². The van der Waals surface area contributed by atoms with Crippen molar-refractivity contribution in [1.82, 2.24) is 4.90 Å². The van der Waals surface area contributed by atoms with E-state index in [-0.39, 0.29) is 24.8 Å². The van der Waals surface area contributed by atoms with Crippen molar-refractivity contribution in [3.8, 4) is 0 Å². The highest BCUT2D eigenvalue weighted by atomic mass is 32.1. The van der Waals surface area contributed by atoms with Crippen molar-refractivity contribution < 1.29 is 50.3 Å². The molecule has 1 aromatic heterocycles. The number of halogens is 6. The first kappa shape index (κ1) is 32.3. The van der Waals surface area contributed by atoms with Gasteiger partial charge in [-0.1, -0.05) is 30.3 Å². The number of carbonyl (C=O) groups excluding carboxylic acids is 2. The van der Waals surface area contributed by atoms with E-state index in [1.807, 2.05) is 22.9 Å². The lowest BCUT2D eigenvalue weighted by Gasteiger charge is -2.52. The van der Waals surface area contributed by atoms with Crippen molar-refractivity contribution in [1.29, 1.82) is 0 Å². The largest absolute Gasteiger partial charge is 0.542 e. The van der Waals surface area contributed by atoms with Gasteiger partial charge in [0.1, 0.15) is 18.3 Å². The van der Waals surface area contributed by atoms with Crippen LogP contribution in [0.25, 0.3) is 0 Å². The molecule has 3 saturated heterocycles. The van der Waals surface area contributed by atoms with Crippen LogP contribution in [0.1, 0.15) is 29.5 Å². The summed E-state index contributed by atoms with van der Waals surface area (Å²) in [6, 6.07) is 13.6. The van der Waals surface area contributed by atoms with Gasteiger partial charge in [0.2, 0.25) is 0 Å². The number of rotatable bonds is 8. The normalized spacial score (nSPS) is 21.1. The first-order valence-corrected chi connectivity index (χ1v) is 14.6. The molecule has 1 amide bonds. The highest BCUT2D eigenvalue weighted by Gasteiger charge is 2.47. The number of thiophene rings is 1. The Bertz CT molecular complexity index is 1380. The maximum atomic E-state index is 14.4. The third kappa shape index (κ3) is 8.73. The zero-order valence-electron chi connectivity index (χ0n) is 23.0. The highest BCUT2D eigenvalue weighted by Crippen LogP contribution is 2.36. The molecule has 0 unspecified atom stereocenters. The van der Waals surface area contributed by atoms with Crippen LogP contribution in [-0.4, -0.2) is 59.9 Å². The van der Waals surface area contributed by atoms with Gasteiger partial charge in [0, 0.05) is 36.8 Å². The molecule has 0 spiro atoms. The average molecular weight is 629 g/mol. The molecule has 0 radical (unpaired) electrons. The van der Waals surface area contributed by atoms with Gasteiger partial charge in [0.15, 0.2) is 17.7 Å². The molecule has 2 aromatic carbocycles. The first-order chi connectivity index (χ1) is 20.3. The summed E-state index contributed by atoms with van der Waals surface area (Å²) in [7, 11) is 0. The molecule has 232 valence electrons. The molecule has 4 heterocycles. The zero-order chi connectivity index (χ0) is 31.2. The minimum Gasteiger partial charge on any atom is -0.542 e. The number of aliphatic carboxylic acids is 1. The predicted octanol–water partition coefficient (Wildman–Crippen LogP) is 5.45. The summed E-state index contributed by atoms with van der Waals surface area (Å²) in [5.41, 5.74) is 2.10. The van der Waals surface area contributed by atoms with Gasteiger partial charge in [-0.15, -0.1) is 0 Å². The minimum absolute atomic E-state index is 0.0821. The lowest BCUT2D eigenvalue weighted by Crippen LogP contribution is -2.65. The van der Waals surface area contributed by atoms with E-state index >= 15 is 0 Å². The van der Waals surface area contributed by atoms with Crippen molar-refractivity contribution in [3.05, 3.63) is 93.4 Å². The van der Waals surface area contributed by atoms with Crippen LogP contribution in [0.4, 0.5) is 31.1 Å². The van der Waals surface area contributed by atoms with Crippen LogP contribution in [0.5, 0.6) is 0 Å². The number of ether oxygens (including phenoxy) is 1. The summed E-state index contributed by atoms with van der Waals surface area (Å²) < 4.78 is 80.2. The van der Waals surface area contributed by atoms with Gasteiger partial charge >= 0.3 is 12.3 Å². The second-order valence-corrected chi connectivity index (χ2v) is 11.6. The van der Waals surface area contributed by atoms with Gasteiger partial charge in [-0.05, 0) is 34.0 Å². The zero-order valence-corrected chi connectivity index (χ0v) is 23.8. The molecular weight excluding hydrogens is 598 g/mol. The Morgan fingerprint density at radius 1 is 0.953 bits per heavy atom. The number of hydrogen-bond acceptors (Lipinski definition) is 5. The number of fused-ring (bicyclic) bond motifs is 3. The molecule has 3 aliphatic rings. The lowest BCUT2D eigenvalue weighted by atomic mass is 9.83. The molecule has 3 aliphatic heterocycles. The topological polar surface area (TPSA) is 69.7 Å². The number of carboxylic acids is 1. The van der Waals surface area contributed by atoms with E-state index in [0.717, 1.165) is 61.6 Å². The van der Waals surface area contributed by atoms with Crippen molar-refractivity contribution in [3.63, 3.8) is 0 Å². The third-order valence-corrected chi connectivity index (χ3v) is 8.64. The fourth-order valence-corrected chi connectivity index (χ4v) is 6.22. The smallest absolute Gasteiger partial charge is 0.430 e. The number of hydrogen-bond donors (Lipinski definition) is 0. The van der Waals surface area contributed by atoms with Gasteiger partial charge in [0.25, 0.3) is 0 Å². The molecular formula is C30H30F6N2O4S. The summed E-state index contributed by atoms with van der Waals surface area (Å²) in [4.78, 5) is 23.5. The molecule has 13 heteroatoms. The summed E-state index contributed by atoms with van der Waals surface area (Å²) in [6.07, 6.45) is -2.96. The predicted molar refractivity (Wildman–Crippen MR) is 144 cm³/mol. The Morgan fingerprint density at radius 2 is 1.60 bits per heavy atom. The monoisotopic (exact) mass is 628 g/mol. The highest BCUT2D eigenvalue weighted by molar-refractivity contribution is 7.07. The summed E-state index contributed by atoms with van der Waals surface area (Å²) in [5.74, 6) is -5.97. The van der Waals surface area contributed by atoms with E-state index in [2.05, 4.69) is 24.3 Å². The van der Waals surface area contributed by atoms with E-state index in [0.29, 0.717) is 12.0 Å². The second-order valence-electron chi connectivity index (χ2n) is 10.8. The molecule has 0 aliphatic carbocycles. The number of alkyl halides is 3. The van der Waals surface area contributed by atoms with E-state index in [1.165, 1.54) is 21.8 Å². The minimum atomic E-state index is -5.19. The fraction of sp³-hybridized carbons (Fsp3) is 0.400. The maximum Gasteiger partial charge on any atom is 0.430 e. The van der Waals surface area contributed by atoms with Gasteiger partial charge in [0.05, 0.1) is 32.7 Å². The van der Waals surface area contributed by atoms with Crippen molar-refractivity contribution in [2.75, 3.05) is 26.2 Å². The number of carbonyl (C=O) groups is 2. The molecule has 1 atom stereocenters. The number of amides is 1. The van der Waals surface area contributed by atoms with Crippen LogP contribution in [0.15, 0.2) is 59.3 Å². The molecule has 43 heavy (non-hydrogen) atoms. The number of piperidine rings is 3. The van der Waals surface area contributed by atoms with Crippen molar-refractivity contribution >= 4 is 23.4 Å².